The Bertz CT molecular complexity index is 7100. The maximum atomic E-state index is 12.6. The van der Waals surface area contributed by atoms with Crippen LogP contribution < -0.4 is 14.4 Å². The van der Waals surface area contributed by atoms with Crippen LogP contribution in [0.2, 0.25) is 0 Å². The number of benzene rings is 7. The minimum Gasteiger partial charge on any atom is -0.497 e. The fourth-order valence-electron chi connectivity index (χ4n) is 17.7. The molecule has 0 spiro atoms. The van der Waals surface area contributed by atoms with Crippen molar-refractivity contribution in [3.05, 3.63) is 301 Å². The second-order valence-corrected chi connectivity index (χ2v) is 44.0. The van der Waals surface area contributed by atoms with Crippen molar-refractivity contribution in [2.45, 2.75) is 209 Å². The number of carboxylic acids is 1. The predicted molar refractivity (Wildman–Crippen MR) is 555 cm³/mol. The molecular formula is C119H123N9O4. The van der Waals surface area contributed by atoms with E-state index >= 15 is 0 Å². The van der Waals surface area contributed by atoms with E-state index in [4.69, 9.17) is 29.4 Å². The molecule has 0 saturated carbocycles. The van der Waals surface area contributed by atoms with Gasteiger partial charge in [-0.3, -0.25) is 0 Å². The maximum absolute atomic E-state index is 12.6. The van der Waals surface area contributed by atoms with Gasteiger partial charge in [0, 0.05) is 66.8 Å². The second kappa shape index (κ2) is 33.2. The summed E-state index contributed by atoms with van der Waals surface area (Å²) >= 11 is 0. The van der Waals surface area contributed by atoms with Crippen LogP contribution in [0.15, 0.2) is 194 Å². The number of H-pyrrole nitrogens is 4. The number of rotatable bonds is 11. The fourth-order valence-corrected chi connectivity index (χ4v) is 17.7. The number of aromatic nitrogens is 8. The number of aromatic amines is 4. The second-order valence-electron chi connectivity index (χ2n) is 44.0. The minimum absolute atomic E-state index is 0.188. The van der Waals surface area contributed by atoms with Gasteiger partial charge in [0.05, 0.1) is 98.7 Å². The van der Waals surface area contributed by atoms with E-state index in [2.05, 4.69) is 397 Å². The molecule has 132 heavy (non-hydrogen) atoms. The van der Waals surface area contributed by atoms with Crippen LogP contribution in [0.5, 0.6) is 11.5 Å². The number of anilines is 3. The van der Waals surface area contributed by atoms with Crippen molar-refractivity contribution in [2.75, 3.05) is 19.1 Å². The lowest BCUT2D eigenvalue weighted by atomic mass is 9.78. The number of ether oxygens (including phenoxy) is 2. The Labute approximate surface area is 778 Å². The summed E-state index contributed by atoms with van der Waals surface area (Å²) in [5.41, 5.74) is 33.0. The van der Waals surface area contributed by atoms with Gasteiger partial charge in [-0.25, -0.2) is 24.7 Å². The molecule has 7 aromatic carbocycles. The summed E-state index contributed by atoms with van der Waals surface area (Å²) in [7, 11) is 3.40. The first-order chi connectivity index (χ1) is 62.1. The quantitative estimate of drug-likeness (QED) is 0.0790. The average Bonchev–Trinajstić information content (AvgIpc) is 1.61. The summed E-state index contributed by atoms with van der Waals surface area (Å²) in [6.07, 6.45) is 17.1. The van der Waals surface area contributed by atoms with Crippen molar-refractivity contribution >= 4 is 116 Å². The van der Waals surface area contributed by atoms with Crippen molar-refractivity contribution in [3.63, 3.8) is 0 Å². The van der Waals surface area contributed by atoms with Gasteiger partial charge in [-0.2, -0.15) is 0 Å². The number of hydrogen-bond acceptors (Lipinski definition) is 8. The van der Waals surface area contributed by atoms with Crippen LogP contribution in [0.3, 0.4) is 0 Å². The first kappa shape index (κ1) is 90.1. The molecule has 0 aliphatic carbocycles. The van der Waals surface area contributed by atoms with Gasteiger partial charge in [-0.05, 0) is 273 Å². The summed E-state index contributed by atoms with van der Waals surface area (Å²) in [6, 6.07) is 69.1. The number of carboxylic acid groups (broad SMARTS) is 1. The Kier molecular flexibility index (Phi) is 22.7. The number of aromatic carboxylic acids is 1. The lowest BCUT2D eigenvalue weighted by Crippen LogP contribution is -2.16. The Morgan fingerprint density at radius 3 is 0.773 bits per heavy atom. The van der Waals surface area contributed by atoms with E-state index in [0.717, 1.165) is 157 Å². The first-order valence-corrected chi connectivity index (χ1v) is 46.0. The van der Waals surface area contributed by atoms with Crippen LogP contribution in [-0.4, -0.2) is 65.2 Å². The number of nitrogens with one attached hydrogen (secondary N) is 4. The highest BCUT2D eigenvalue weighted by Gasteiger charge is 2.32. The summed E-state index contributed by atoms with van der Waals surface area (Å²) < 4.78 is 11.7. The summed E-state index contributed by atoms with van der Waals surface area (Å²) in [6.45, 7) is 54.7. The molecule has 13 aromatic rings. The normalized spacial score (nSPS) is 13.1. The lowest BCUT2D eigenvalue weighted by Gasteiger charge is -2.27. The number of methoxy groups -OCH3 is 2. The fraction of sp³-hybridized carbons (Fsp3) is 0.286. The van der Waals surface area contributed by atoms with E-state index in [-0.39, 0.29) is 48.9 Å². The van der Waals surface area contributed by atoms with Gasteiger partial charge in [0.25, 0.3) is 0 Å². The molecule has 0 amide bonds. The molecule has 6 aromatic heterocycles. The molecule has 4 aliphatic heterocycles. The van der Waals surface area contributed by atoms with E-state index in [9.17, 15) is 9.90 Å². The van der Waals surface area contributed by atoms with E-state index in [0.29, 0.717) is 28.2 Å². The molecule has 0 saturated heterocycles. The zero-order valence-corrected chi connectivity index (χ0v) is 81.5. The largest absolute Gasteiger partial charge is 0.497 e. The molecule has 0 fully saturated rings. The smallest absolute Gasteiger partial charge is 0.335 e. The Hall–Kier alpha value is -13.8. The van der Waals surface area contributed by atoms with Crippen LogP contribution in [0, 0.1) is 11.8 Å². The van der Waals surface area contributed by atoms with Crippen LogP contribution in [0.25, 0.3) is 148 Å². The van der Waals surface area contributed by atoms with Crippen molar-refractivity contribution in [3.8, 4) is 79.0 Å². The number of hydrogen-bond donors (Lipinski definition) is 5. The van der Waals surface area contributed by atoms with Crippen molar-refractivity contribution in [2.24, 2.45) is 0 Å². The molecule has 0 atom stereocenters. The van der Waals surface area contributed by atoms with Crippen LogP contribution in [-0.2, 0) is 43.3 Å². The molecule has 5 N–H and O–H groups in total. The van der Waals surface area contributed by atoms with Gasteiger partial charge < -0.3 is 39.4 Å². The number of carbonyl (C=O) groups is 1. The first-order valence-electron chi connectivity index (χ1n) is 46.0. The Balaban J connectivity index is 1.04. The number of nitrogens with zero attached hydrogens (tertiary/aromatic N) is 5. The standard InChI is InChI=1S/C119H123N9O4/c1-112(2,3)75-57-71(58-76(65-75)113(4,5)6)106-95-45-41-89(120-95)87(90-42-46-96(121-90)107(72-59-77(114(7,8)9)66-78(60-72)115(10,11)12)100-52-50-94(125-100)105(93-49-51-99(106)124-93)69-27-29-70(30-28-69)111(129)130)39-40-88-91-43-47-97(122-91)108(73-61-79(116(13,14)15)67-80(62-73)117(16,17)18)101-53-55-103(126-101)110(128(83-31-35-85(131-25)36-32-83)84-33-37-86(132-26)38-34-84)104-56-54-102(127-104)109(98-48-44-92(88)123-98)74-63-81(118(19,20)21)68-82(64-74)119(22,23)24/h27-38,41-68,120,122,125,127H,1-26H3,(H,129,130). The van der Waals surface area contributed by atoms with Gasteiger partial charge in [0.1, 0.15) is 11.5 Å². The molecule has 16 bridgehead atoms. The van der Waals surface area contributed by atoms with E-state index in [1.54, 1.807) is 26.4 Å². The van der Waals surface area contributed by atoms with Gasteiger partial charge in [-0.1, -0.05) is 263 Å². The third kappa shape index (κ3) is 17.9. The lowest BCUT2D eigenvalue weighted by molar-refractivity contribution is 0.0696. The highest BCUT2D eigenvalue weighted by atomic mass is 16.5. The SMILES string of the molecule is COc1ccc(N(c2ccc(OC)cc2)c2c3nc(c(-c4cc(C(C)(C)C)cc(C(C)(C)C)c4)c4ccc([nH]4)c(C#Cc4c5nc(c(-c6cc(C(C)(C)C)cc(C(C)(C)C)c6)c6ccc([nH]6)c(-c6ccc(C(=O)O)cc6)c6nc(c(-c7cc(C(C)(C)C)cc(C(C)(C)C)c7)c7ccc4[nH]7)C=C6)C=C5)c4nc(c(-c5cc(C(C)(C)C)cc(C(C)(C)C)c5)c5ccc2[nH]5)C=C4)C=C3)cc1. The monoisotopic (exact) mass is 1740 g/mol. The van der Waals surface area contributed by atoms with Gasteiger partial charge >= 0.3 is 5.97 Å². The van der Waals surface area contributed by atoms with Crippen LogP contribution >= 0.6 is 0 Å². The van der Waals surface area contributed by atoms with Crippen molar-refractivity contribution < 1.29 is 19.4 Å². The van der Waals surface area contributed by atoms with Gasteiger partial charge in [-0.15, -0.1) is 0 Å². The molecule has 13 heteroatoms. The Morgan fingerprint density at radius 2 is 0.500 bits per heavy atom. The topological polar surface area (TPSA) is 174 Å². The molecular weight excluding hydrogens is 1620 g/mol. The molecule has 4 aliphatic rings. The van der Waals surface area contributed by atoms with E-state index in [1.807, 2.05) is 36.4 Å². The van der Waals surface area contributed by atoms with Crippen molar-refractivity contribution in [1.82, 2.24) is 39.9 Å². The van der Waals surface area contributed by atoms with E-state index < -0.39 is 5.97 Å². The Morgan fingerprint density at radius 1 is 0.273 bits per heavy atom. The van der Waals surface area contributed by atoms with Crippen molar-refractivity contribution in [1.29, 1.82) is 0 Å². The highest BCUT2D eigenvalue weighted by Crippen LogP contribution is 2.49. The van der Waals surface area contributed by atoms with Gasteiger partial charge in [0.2, 0.25) is 0 Å². The van der Waals surface area contributed by atoms with Crippen LogP contribution in [0.1, 0.15) is 278 Å². The molecule has 13 nitrogen and oxygen atoms in total. The average molecular weight is 1740 g/mol. The predicted octanol–water partition coefficient (Wildman–Crippen LogP) is 30.9. The highest BCUT2D eigenvalue weighted by molar-refractivity contribution is 6.03. The minimum atomic E-state index is -1.00. The molecule has 17 rings (SSSR count). The molecule has 0 unspecified atom stereocenters. The summed E-state index contributed by atoms with van der Waals surface area (Å²) in [5.74, 6) is 8.42. The zero-order valence-electron chi connectivity index (χ0n) is 81.5. The third-order valence-electron chi connectivity index (χ3n) is 25.9. The van der Waals surface area contributed by atoms with Crippen LogP contribution in [0.4, 0.5) is 17.1 Å². The van der Waals surface area contributed by atoms with E-state index in [1.165, 1.54) is 44.5 Å². The molecule has 10 heterocycles. The number of fused-ring (bicyclic) bond motifs is 16. The zero-order chi connectivity index (χ0) is 94.2. The maximum Gasteiger partial charge on any atom is 0.335 e. The van der Waals surface area contributed by atoms with Gasteiger partial charge in [0.15, 0.2) is 0 Å². The third-order valence-corrected chi connectivity index (χ3v) is 25.9. The summed E-state index contributed by atoms with van der Waals surface area (Å²) in [4.78, 5) is 54.8. The molecule has 668 valence electrons. The molecule has 0 radical (unpaired) electrons. The summed E-state index contributed by atoms with van der Waals surface area (Å²) in [5, 5.41) is 10.3.